The number of ketones is 1. The summed E-state index contributed by atoms with van der Waals surface area (Å²) in [5.41, 5.74) is 4.67. The topological polar surface area (TPSA) is 68.8 Å². The van der Waals surface area contributed by atoms with Crippen molar-refractivity contribution in [3.8, 4) is 17.2 Å². The van der Waals surface area contributed by atoms with E-state index in [1.54, 1.807) is 21.3 Å². The molecule has 5 rings (SSSR count). The molecule has 0 fully saturated rings. The molecular weight excluding hydrogens is 464 g/mol. The molecule has 3 aromatic carbocycles. The van der Waals surface area contributed by atoms with E-state index in [0.29, 0.717) is 28.7 Å². The number of allylic oxidation sites excluding steroid dienone is 1. The molecule has 0 saturated carbocycles. The van der Waals surface area contributed by atoms with Crippen LogP contribution in [0.5, 0.6) is 17.2 Å². The van der Waals surface area contributed by atoms with E-state index < -0.39 is 0 Å². The molecule has 0 aromatic heterocycles. The number of nitrogens with one attached hydrogen (secondary N) is 2. The second-order valence-corrected chi connectivity index (χ2v) is 9.12. The summed E-state index contributed by atoms with van der Waals surface area (Å²) in [6, 6.07) is 19.3. The molecule has 1 aliphatic heterocycles. The first-order valence-corrected chi connectivity index (χ1v) is 11.8. The van der Waals surface area contributed by atoms with E-state index in [1.807, 2.05) is 60.7 Å². The number of para-hydroxylation sites is 2. The van der Waals surface area contributed by atoms with E-state index >= 15 is 0 Å². The first kappa shape index (κ1) is 23.1. The van der Waals surface area contributed by atoms with Crippen LogP contribution in [0.15, 0.2) is 72.4 Å². The molecule has 0 bridgehead atoms. The lowest BCUT2D eigenvalue weighted by atomic mass is 9.76. The summed E-state index contributed by atoms with van der Waals surface area (Å²) in [6.07, 6.45) is 2.51. The number of Topliss-reactive ketones (excluding diaryl/α,β-unsaturated/α-hetero) is 1. The molecule has 35 heavy (non-hydrogen) atoms. The minimum atomic E-state index is -0.373. The molecule has 6 nitrogen and oxygen atoms in total. The number of fused-ring (bicyclic) bond motifs is 2. The Hall–Kier alpha value is -3.64. The van der Waals surface area contributed by atoms with Crippen LogP contribution in [0, 0.1) is 5.92 Å². The highest BCUT2D eigenvalue weighted by Gasteiger charge is 2.40. The summed E-state index contributed by atoms with van der Waals surface area (Å²) in [5.74, 6) is 1.28. The molecule has 1 heterocycles. The van der Waals surface area contributed by atoms with Crippen LogP contribution in [0.25, 0.3) is 0 Å². The summed E-state index contributed by atoms with van der Waals surface area (Å²) in [5, 5.41) is 7.82. The minimum absolute atomic E-state index is 0.147. The lowest BCUT2D eigenvalue weighted by Gasteiger charge is -2.32. The van der Waals surface area contributed by atoms with Gasteiger partial charge in [-0.3, -0.25) is 4.79 Å². The maximum atomic E-state index is 13.8. The van der Waals surface area contributed by atoms with Crippen molar-refractivity contribution >= 4 is 28.8 Å². The number of hydrogen-bond donors (Lipinski definition) is 2. The van der Waals surface area contributed by atoms with Crippen molar-refractivity contribution in [3.63, 3.8) is 0 Å². The summed E-state index contributed by atoms with van der Waals surface area (Å²) in [7, 11) is 4.76. The van der Waals surface area contributed by atoms with Gasteiger partial charge in [-0.15, -0.1) is 0 Å². The largest absolute Gasteiger partial charge is 0.493 e. The Morgan fingerprint density at radius 3 is 2.14 bits per heavy atom. The number of benzene rings is 3. The van der Waals surface area contributed by atoms with Crippen LogP contribution in [-0.4, -0.2) is 27.1 Å². The Labute approximate surface area is 209 Å². The molecule has 0 spiro atoms. The standard InChI is InChI=1S/C28H27ClN2O4/c1-33-24-14-18(15-25(34-2)28(24)35-3)17-12-22-26(23(32)13-17)27(16-8-10-19(29)11-9-16)31-21-7-5-4-6-20(21)30-22/h4-12,14-15,17,26-27,30-31H,13H2,1-3H3. The molecule has 7 heteroatoms. The third-order valence-corrected chi connectivity index (χ3v) is 6.93. The van der Waals surface area contributed by atoms with Crippen molar-refractivity contribution in [2.24, 2.45) is 5.92 Å². The lowest BCUT2D eigenvalue weighted by Crippen LogP contribution is -2.33. The van der Waals surface area contributed by atoms with Crippen LogP contribution in [0.1, 0.15) is 29.5 Å². The van der Waals surface area contributed by atoms with Crippen LogP contribution in [-0.2, 0) is 4.79 Å². The van der Waals surface area contributed by atoms with E-state index in [0.717, 1.165) is 28.2 Å². The van der Waals surface area contributed by atoms with E-state index in [4.69, 9.17) is 25.8 Å². The van der Waals surface area contributed by atoms with Gasteiger partial charge >= 0.3 is 0 Å². The van der Waals surface area contributed by atoms with Crippen molar-refractivity contribution in [2.75, 3.05) is 32.0 Å². The van der Waals surface area contributed by atoms with Crippen molar-refractivity contribution in [2.45, 2.75) is 18.4 Å². The van der Waals surface area contributed by atoms with Crippen molar-refractivity contribution < 1.29 is 19.0 Å². The third kappa shape index (κ3) is 4.30. The van der Waals surface area contributed by atoms with Crippen LogP contribution < -0.4 is 24.8 Å². The molecule has 180 valence electrons. The summed E-state index contributed by atoms with van der Waals surface area (Å²) in [6.45, 7) is 0. The first-order chi connectivity index (χ1) is 17.0. The molecule has 3 atom stereocenters. The number of ether oxygens (including phenoxy) is 3. The highest BCUT2D eigenvalue weighted by molar-refractivity contribution is 6.30. The average molecular weight is 491 g/mol. The van der Waals surface area contributed by atoms with Gasteiger partial charge in [0.2, 0.25) is 5.75 Å². The van der Waals surface area contributed by atoms with Crippen LogP contribution in [0.2, 0.25) is 5.02 Å². The van der Waals surface area contributed by atoms with Gasteiger partial charge < -0.3 is 24.8 Å². The molecule has 2 aliphatic rings. The van der Waals surface area contributed by atoms with Gasteiger partial charge in [0.05, 0.1) is 44.7 Å². The Morgan fingerprint density at radius 2 is 1.51 bits per heavy atom. The monoisotopic (exact) mass is 490 g/mol. The normalized spacial score (nSPS) is 20.9. The van der Waals surface area contributed by atoms with Gasteiger partial charge in [-0.05, 0) is 47.5 Å². The van der Waals surface area contributed by atoms with E-state index in [2.05, 4.69) is 16.7 Å². The minimum Gasteiger partial charge on any atom is -0.493 e. The Bertz CT molecular complexity index is 1260. The fourth-order valence-electron chi connectivity index (χ4n) is 4.98. The van der Waals surface area contributed by atoms with Crippen LogP contribution >= 0.6 is 11.6 Å². The summed E-state index contributed by atoms with van der Waals surface area (Å²) < 4.78 is 16.6. The summed E-state index contributed by atoms with van der Waals surface area (Å²) >= 11 is 6.15. The zero-order chi connectivity index (χ0) is 24.5. The van der Waals surface area contributed by atoms with Crippen LogP contribution in [0.4, 0.5) is 11.4 Å². The fourth-order valence-corrected chi connectivity index (χ4v) is 5.11. The Kier molecular flexibility index (Phi) is 6.31. The maximum Gasteiger partial charge on any atom is 0.203 e. The molecule has 0 radical (unpaired) electrons. The van der Waals surface area contributed by atoms with E-state index in [1.165, 1.54) is 0 Å². The molecule has 0 amide bonds. The molecule has 1 aliphatic carbocycles. The SMILES string of the molecule is COc1cc(C2C=C3Nc4ccccc4NC(c4ccc(Cl)cc4)C3C(=O)C2)cc(OC)c1OC. The lowest BCUT2D eigenvalue weighted by molar-refractivity contribution is -0.122. The number of hydrogen-bond acceptors (Lipinski definition) is 6. The predicted molar refractivity (Wildman–Crippen MR) is 138 cm³/mol. The zero-order valence-electron chi connectivity index (χ0n) is 19.8. The fraction of sp³-hybridized carbons (Fsp3) is 0.250. The van der Waals surface area contributed by atoms with E-state index in [-0.39, 0.29) is 23.7 Å². The van der Waals surface area contributed by atoms with Gasteiger partial charge in [-0.2, -0.15) is 0 Å². The molecule has 3 unspecified atom stereocenters. The maximum absolute atomic E-state index is 13.8. The Morgan fingerprint density at radius 1 is 0.857 bits per heavy atom. The number of methoxy groups -OCH3 is 3. The number of carbonyl (C=O) groups is 1. The highest BCUT2D eigenvalue weighted by Crippen LogP contribution is 2.46. The van der Waals surface area contributed by atoms with Gasteiger partial charge in [-0.25, -0.2) is 0 Å². The van der Waals surface area contributed by atoms with Gasteiger partial charge in [-0.1, -0.05) is 41.9 Å². The number of carbonyl (C=O) groups excluding carboxylic acids is 1. The van der Waals surface area contributed by atoms with Crippen molar-refractivity contribution in [1.82, 2.24) is 0 Å². The first-order valence-electron chi connectivity index (χ1n) is 11.4. The number of anilines is 2. The second-order valence-electron chi connectivity index (χ2n) is 8.68. The van der Waals surface area contributed by atoms with Gasteiger partial charge in [0.15, 0.2) is 11.5 Å². The van der Waals surface area contributed by atoms with Crippen molar-refractivity contribution in [1.29, 1.82) is 0 Å². The zero-order valence-corrected chi connectivity index (χ0v) is 20.6. The van der Waals surface area contributed by atoms with Crippen LogP contribution in [0.3, 0.4) is 0 Å². The predicted octanol–water partition coefficient (Wildman–Crippen LogP) is 6.20. The number of rotatable bonds is 5. The quantitative estimate of drug-likeness (QED) is 0.443. The van der Waals surface area contributed by atoms with Gasteiger partial charge in [0.1, 0.15) is 5.78 Å². The molecule has 0 saturated heterocycles. The summed E-state index contributed by atoms with van der Waals surface area (Å²) in [4.78, 5) is 13.8. The van der Waals surface area contributed by atoms with Gasteiger partial charge in [0.25, 0.3) is 0 Å². The second kappa shape index (κ2) is 9.55. The average Bonchev–Trinajstić information content (AvgIpc) is 3.05. The molecule has 3 aromatic rings. The Balaban J connectivity index is 1.61. The molecule has 2 N–H and O–H groups in total. The van der Waals surface area contributed by atoms with E-state index in [9.17, 15) is 4.79 Å². The van der Waals surface area contributed by atoms with Crippen molar-refractivity contribution in [3.05, 3.63) is 88.6 Å². The third-order valence-electron chi connectivity index (χ3n) is 6.68. The highest BCUT2D eigenvalue weighted by atomic mass is 35.5. The van der Waals surface area contributed by atoms with Gasteiger partial charge in [0, 0.05) is 23.1 Å². The number of halogens is 1. The molecular formula is C28H27ClN2O4. The smallest absolute Gasteiger partial charge is 0.203 e.